The van der Waals surface area contributed by atoms with Gasteiger partial charge in [-0.05, 0) is 19.3 Å². The minimum Gasteiger partial charge on any atom is -0.382 e. The molecule has 1 fully saturated rings. The predicted octanol–water partition coefficient (Wildman–Crippen LogP) is 2.56. The number of ether oxygens (including phenoxy) is 1. The Hall–Kier alpha value is -0.940. The van der Waals surface area contributed by atoms with E-state index in [9.17, 15) is 4.79 Å². The number of likely N-dealkylation sites (tertiary alicyclic amines) is 1. The van der Waals surface area contributed by atoms with E-state index in [1.807, 2.05) is 10.3 Å². The molecule has 4 nitrogen and oxygen atoms in total. The van der Waals surface area contributed by atoms with Gasteiger partial charge in [-0.2, -0.15) is 0 Å². The number of nitrogens with zero attached hydrogens (tertiary/aromatic N) is 2. The zero-order valence-electron chi connectivity index (χ0n) is 11.0. The molecule has 1 atom stereocenters. The number of amides is 1. The van der Waals surface area contributed by atoms with E-state index in [-0.39, 0.29) is 11.4 Å². The SMILES string of the molecule is CCCC1(COC)CCCN1C(=O)c1cscn1. The Balaban J connectivity index is 2.21. The van der Waals surface area contributed by atoms with Gasteiger partial charge in [-0.25, -0.2) is 4.98 Å². The fourth-order valence-corrected chi connectivity index (χ4v) is 3.45. The third-order valence-electron chi connectivity index (χ3n) is 3.62. The minimum atomic E-state index is -0.121. The Kier molecular flexibility index (Phi) is 4.35. The molecule has 0 radical (unpaired) electrons. The van der Waals surface area contributed by atoms with Crippen molar-refractivity contribution < 1.29 is 9.53 Å². The molecule has 1 saturated heterocycles. The summed E-state index contributed by atoms with van der Waals surface area (Å²) in [7, 11) is 1.71. The zero-order valence-corrected chi connectivity index (χ0v) is 11.8. The molecule has 100 valence electrons. The Morgan fingerprint density at radius 1 is 1.67 bits per heavy atom. The van der Waals surface area contributed by atoms with E-state index in [1.165, 1.54) is 11.3 Å². The highest BCUT2D eigenvalue weighted by molar-refractivity contribution is 7.07. The summed E-state index contributed by atoms with van der Waals surface area (Å²) >= 11 is 1.46. The lowest BCUT2D eigenvalue weighted by molar-refractivity contribution is 0.0251. The number of methoxy groups -OCH3 is 1. The molecule has 1 amide bonds. The predicted molar refractivity (Wildman–Crippen MR) is 71.9 cm³/mol. The van der Waals surface area contributed by atoms with Gasteiger partial charge in [-0.15, -0.1) is 11.3 Å². The molecule has 1 aliphatic rings. The maximum atomic E-state index is 12.5. The maximum Gasteiger partial charge on any atom is 0.273 e. The molecule has 1 unspecified atom stereocenters. The number of rotatable bonds is 5. The second kappa shape index (κ2) is 5.80. The zero-order chi connectivity index (χ0) is 13.0. The molecule has 2 heterocycles. The molecule has 1 aliphatic heterocycles. The van der Waals surface area contributed by atoms with Gasteiger partial charge in [0.05, 0.1) is 17.7 Å². The van der Waals surface area contributed by atoms with E-state index in [2.05, 4.69) is 11.9 Å². The summed E-state index contributed by atoms with van der Waals surface area (Å²) in [6.07, 6.45) is 4.14. The lowest BCUT2D eigenvalue weighted by atomic mass is 9.91. The topological polar surface area (TPSA) is 42.4 Å². The van der Waals surface area contributed by atoms with Crippen LogP contribution < -0.4 is 0 Å². The third kappa shape index (κ3) is 2.42. The van der Waals surface area contributed by atoms with Crippen LogP contribution in [0.3, 0.4) is 0 Å². The average Bonchev–Trinajstić information content (AvgIpc) is 2.98. The molecule has 0 aromatic carbocycles. The molecular formula is C13H20N2O2S. The van der Waals surface area contributed by atoms with Crippen molar-refractivity contribution in [2.75, 3.05) is 20.3 Å². The third-order valence-corrected chi connectivity index (χ3v) is 4.21. The lowest BCUT2D eigenvalue weighted by Gasteiger charge is -2.37. The normalized spacial score (nSPS) is 23.6. The first-order valence-electron chi connectivity index (χ1n) is 6.42. The van der Waals surface area contributed by atoms with Crippen LogP contribution >= 0.6 is 11.3 Å². The molecule has 18 heavy (non-hydrogen) atoms. The summed E-state index contributed by atoms with van der Waals surface area (Å²) in [5.41, 5.74) is 2.16. The Bertz CT molecular complexity index is 386. The summed E-state index contributed by atoms with van der Waals surface area (Å²) in [4.78, 5) is 18.6. The van der Waals surface area contributed by atoms with Crippen LogP contribution in [0.2, 0.25) is 0 Å². The molecule has 0 spiro atoms. The molecule has 2 rings (SSSR count). The highest BCUT2D eigenvalue weighted by Crippen LogP contribution is 2.35. The van der Waals surface area contributed by atoms with E-state index in [4.69, 9.17) is 4.74 Å². The summed E-state index contributed by atoms with van der Waals surface area (Å²) < 4.78 is 5.37. The molecule has 1 aromatic heterocycles. The molecule has 0 aliphatic carbocycles. The number of thiazole rings is 1. The van der Waals surface area contributed by atoms with Crippen LogP contribution in [-0.2, 0) is 4.74 Å². The average molecular weight is 268 g/mol. The number of hydrogen-bond donors (Lipinski definition) is 0. The Morgan fingerprint density at radius 3 is 3.11 bits per heavy atom. The van der Waals surface area contributed by atoms with Crippen LogP contribution in [0, 0.1) is 0 Å². The first-order chi connectivity index (χ1) is 8.73. The van der Waals surface area contributed by atoms with Gasteiger partial charge in [0.2, 0.25) is 0 Å². The van der Waals surface area contributed by atoms with Gasteiger partial charge in [0.1, 0.15) is 5.69 Å². The maximum absolute atomic E-state index is 12.5. The second-order valence-electron chi connectivity index (χ2n) is 4.84. The van der Waals surface area contributed by atoms with Crippen molar-refractivity contribution in [2.24, 2.45) is 0 Å². The summed E-state index contributed by atoms with van der Waals surface area (Å²) in [5, 5.41) is 1.82. The Labute approximate surface area is 112 Å². The second-order valence-corrected chi connectivity index (χ2v) is 5.56. The lowest BCUT2D eigenvalue weighted by Crippen LogP contribution is -2.50. The van der Waals surface area contributed by atoms with Crippen molar-refractivity contribution in [2.45, 2.75) is 38.1 Å². The van der Waals surface area contributed by atoms with Gasteiger partial charge in [-0.3, -0.25) is 4.79 Å². The van der Waals surface area contributed by atoms with E-state index in [1.54, 1.807) is 12.6 Å². The van der Waals surface area contributed by atoms with Gasteiger partial charge in [-0.1, -0.05) is 13.3 Å². The Morgan fingerprint density at radius 2 is 2.50 bits per heavy atom. The van der Waals surface area contributed by atoms with E-state index in [0.29, 0.717) is 12.3 Å². The van der Waals surface area contributed by atoms with Crippen LogP contribution in [-0.4, -0.2) is 41.6 Å². The highest BCUT2D eigenvalue weighted by atomic mass is 32.1. The fraction of sp³-hybridized carbons (Fsp3) is 0.692. The standard InChI is InChI=1S/C13H20N2O2S/c1-3-5-13(9-17-2)6-4-7-15(13)12(16)11-8-18-10-14-11/h8,10H,3-7,9H2,1-2H3. The fourth-order valence-electron chi connectivity index (χ4n) is 2.93. The van der Waals surface area contributed by atoms with Crippen LogP contribution in [0.1, 0.15) is 43.1 Å². The van der Waals surface area contributed by atoms with Gasteiger partial charge >= 0.3 is 0 Å². The molecule has 0 N–H and O–H groups in total. The quantitative estimate of drug-likeness (QED) is 0.824. The summed E-state index contributed by atoms with van der Waals surface area (Å²) in [5.74, 6) is 0.0549. The number of aromatic nitrogens is 1. The number of hydrogen-bond acceptors (Lipinski definition) is 4. The van der Waals surface area contributed by atoms with Crippen LogP contribution in [0.4, 0.5) is 0 Å². The highest BCUT2D eigenvalue weighted by Gasteiger charge is 2.43. The van der Waals surface area contributed by atoms with Crippen molar-refractivity contribution in [1.29, 1.82) is 0 Å². The minimum absolute atomic E-state index is 0.0549. The summed E-state index contributed by atoms with van der Waals surface area (Å²) in [6, 6.07) is 0. The van der Waals surface area contributed by atoms with Crippen molar-refractivity contribution in [3.63, 3.8) is 0 Å². The van der Waals surface area contributed by atoms with E-state index < -0.39 is 0 Å². The van der Waals surface area contributed by atoms with Crippen LogP contribution in [0.25, 0.3) is 0 Å². The molecule has 5 heteroatoms. The van der Waals surface area contributed by atoms with Crippen molar-refractivity contribution >= 4 is 17.2 Å². The van der Waals surface area contributed by atoms with E-state index in [0.717, 1.165) is 32.2 Å². The first kappa shape index (κ1) is 13.5. The van der Waals surface area contributed by atoms with Crippen LogP contribution in [0.15, 0.2) is 10.9 Å². The molecule has 0 saturated carbocycles. The van der Waals surface area contributed by atoms with Gasteiger partial charge < -0.3 is 9.64 Å². The van der Waals surface area contributed by atoms with Crippen LogP contribution in [0.5, 0.6) is 0 Å². The van der Waals surface area contributed by atoms with Gasteiger partial charge in [0.15, 0.2) is 0 Å². The van der Waals surface area contributed by atoms with Crippen molar-refractivity contribution in [3.8, 4) is 0 Å². The molecule has 0 bridgehead atoms. The first-order valence-corrected chi connectivity index (χ1v) is 7.37. The summed E-state index contributed by atoms with van der Waals surface area (Å²) in [6.45, 7) is 3.59. The smallest absolute Gasteiger partial charge is 0.273 e. The van der Waals surface area contributed by atoms with Gasteiger partial charge in [0.25, 0.3) is 5.91 Å². The van der Waals surface area contributed by atoms with Crippen molar-refractivity contribution in [3.05, 3.63) is 16.6 Å². The number of carbonyl (C=O) groups is 1. The van der Waals surface area contributed by atoms with Crippen molar-refractivity contribution in [1.82, 2.24) is 9.88 Å². The largest absolute Gasteiger partial charge is 0.382 e. The molecule has 1 aromatic rings. The van der Waals surface area contributed by atoms with E-state index >= 15 is 0 Å². The number of carbonyl (C=O) groups excluding carboxylic acids is 1. The molecular weight excluding hydrogens is 248 g/mol. The van der Waals surface area contributed by atoms with Gasteiger partial charge in [0, 0.05) is 19.0 Å². The monoisotopic (exact) mass is 268 g/mol.